The Morgan fingerprint density at radius 2 is 1.40 bits per heavy atom. The maximum absolute atomic E-state index is 12.6. The summed E-state index contributed by atoms with van der Waals surface area (Å²) >= 11 is 5.26. The Hall–Kier alpha value is -3.91. The van der Waals surface area contributed by atoms with Gasteiger partial charge >= 0.3 is 0 Å². The lowest BCUT2D eigenvalue weighted by molar-refractivity contribution is 0.0918. The van der Waals surface area contributed by atoms with E-state index in [0.717, 1.165) is 5.75 Å². The molecule has 0 aliphatic carbocycles. The van der Waals surface area contributed by atoms with E-state index >= 15 is 0 Å². The zero-order valence-electron chi connectivity index (χ0n) is 20.0. The number of carbonyl (C=O) groups is 2. The Kier molecular flexibility index (Phi) is 8.80. The summed E-state index contributed by atoms with van der Waals surface area (Å²) in [6.07, 6.45) is 0. The van der Waals surface area contributed by atoms with Gasteiger partial charge in [0.25, 0.3) is 11.8 Å². The van der Waals surface area contributed by atoms with E-state index in [1.165, 1.54) is 0 Å². The zero-order chi connectivity index (χ0) is 25.3. The Morgan fingerprint density at radius 3 is 2.06 bits per heavy atom. The van der Waals surface area contributed by atoms with Crippen LogP contribution in [0.5, 0.6) is 11.5 Å². The van der Waals surface area contributed by atoms with Crippen LogP contribution in [0.25, 0.3) is 0 Å². The maximum atomic E-state index is 12.6. The number of carbonyl (C=O) groups excluding carboxylic acids is 2. The van der Waals surface area contributed by atoms with Gasteiger partial charge in [-0.05, 0) is 87.6 Å². The first kappa shape index (κ1) is 25.7. The fraction of sp³-hybridized carbons (Fsp3) is 0.222. The van der Waals surface area contributed by atoms with Crippen molar-refractivity contribution < 1.29 is 19.1 Å². The summed E-state index contributed by atoms with van der Waals surface area (Å²) in [5, 5.41) is 8.65. The van der Waals surface area contributed by atoms with Crippen LogP contribution in [0.3, 0.4) is 0 Å². The van der Waals surface area contributed by atoms with Gasteiger partial charge in [-0.15, -0.1) is 0 Å². The van der Waals surface area contributed by atoms with Crippen LogP contribution in [0.4, 0.5) is 5.69 Å². The average Bonchev–Trinajstić information content (AvgIpc) is 2.82. The Morgan fingerprint density at radius 1 is 0.771 bits per heavy atom. The molecule has 0 radical (unpaired) electrons. The van der Waals surface area contributed by atoms with E-state index in [0.29, 0.717) is 35.8 Å². The predicted molar refractivity (Wildman–Crippen MR) is 141 cm³/mol. The van der Waals surface area contributed by atoms with E-state index in [2.05, 4.69) is 16.0 Å². The van der Waals surface area contributed by atoms with Crippen LogP contribution in [0.1, 0.15) is 41.5 Å². The number of benzene rings is 3. The molecule has 0 saturated carbocycles. The van der Waals surface area contributed by atoms with Gasteiger partial charge in [0.05, 0.1) is 0 Å². The number of hydrogen-bond acceptors (Lipinski definition) is 5. The maximum Gasteiger partial charge on any atom is 0.257 e. The minimum atomic E-state index is -0.366. The van der Waals surface area contributed by atoms with Crippen molar-refractivity contribution in [3.8, 4) is 11.5 Å². The molecule has 3 N–H and O–H groups in total. The summed E-state index contributed by atoms with van der Waals surface area (Å²) in [5.41, 5.74) is 1.27. The lowest BCUT2D eigenvalue weighted by Gasteiger charge is -2.20. The molecule has 3 rings (SSSR count). The Labute approximate surface area is 210 Å². The first-order chi connectivity index (χ1) is 16.7. The largest absolute Gasteiger partial charge is 0.490 e. The highest BCUT2D eigenvalue weighted by molar-refractivity contribution is 7.80. The molecule has 3 aromatic rings. The molecule has 2 amide bonds. The standard InChI is InChI=1S/C27H29N3O4S/c1-27(2,3)30-25(32)19-12-14-21(15-13-19)28-26(35)29-24(31)20-8-7-11-23(18-20)34-17-16-33-22-9-5-4-6-10-22/h4-15,18H,16-17H2,1-3H3,(H,30,32)(H2,28,29,31,35). The van der Waals surface area contributed by atoms with Crippen LogP contribution in [0.15, 0.2) is 78.9 Å². The molecule has 7 nitrogen and oxygen atoms in total. The van der Waals surface area contributed by atoms with E-state index in [4.69, 9.17) is 21.7 Å². The summed E-state index contributed by atoms with van der Waals surface area (Å²) in [7, 11) is 0. The van der Waals surface area contributed by atoms with Crippen molar-refractivity contribution in [1.82, 2.24) is 10.6 Å². The summed E-state index contributed by atoms with van der Waals surface area (Å²) in [5.74, 6) is 0.800. The highest BCUT2D eigenvalue weighted by Crippen LogP contribution is 2.15. The molecule has 0 saturated heterocycles. The smallest absolute Gasteiger partial charge is 0.257 e. The van der Waals surface area contributed by atoms with Crippen LogP contribution in [0, 0.1) is 0 Å². The number of anilines is 1. The van der Waals surface area contributed by atoms with Gasteiger partial charge in [0, 0.05) is 22.4 Å². The van der Waals surface area contributed by atoms with E-state index in [1.54, 1.807) is 48.5 Å². The van der Waals surface area contributed by atoms with Gasteiger partial charge in [0.15, 0.2) is 5.11 Å². The highest BCUT2D eigenvalue weighted by atomic mass is 32.1. The van der Waals surface area contributed by atoms with Crippen molar-refractivity contribution in [2.75, 3.05) is 18.5 Å². The second kappa shape index (κ2) is 12.0. The third-order valence-electron chi connectivity index (χ3n) is 4.58. The topological polar surface area (TPSA) is 88.7 Å². The van der Waals surface area contributed by atoms with Gasteiger partial charge in [-0.25, -0.2) is 0 Å². The quantitative estimate of drug-likeness (QED) is 0.310. The number of hydrogen-bond donors (Lipinski definition) is 3. The van der Waals surface area contributed by atoms with Crippen molar-refractivity contribution in [2.24, 2.45) is 0 Å². The molecular weight excluding hydrogens is 462 g/mol. The van der Waals surface area contributed by atoms with Gasteiger partial charge in [0.1, 0.15) is 24.7 Å². The molecule has 8 heteroatoms. The fourth-order valence-corrected chi connectivity index (χ4v) is 3.23. The number of thiocarbonyl (C=S) groups is 1. The molecule has 0 aliphatic heterocycles. The Bertz CT molecular complexity index is 1160. The third-order valence-corrected chi connectivity index (χ3v) is 4.78. The molecule has 0 bridgehead atoms. The van der Waals surface area contributed by atoms with E-state index in [9.17, 15) is 9.59 Å². The van der Waals surface area contributed by atoms with Crippen molar-refractivity contribution in [3.05, 3.63) is 90.0 Å². The number of ether oxygens (including phenoxy) is 2. The summed E-state index contributed by atoms with van der Waals surface area (Å²) in [4.78, 5) is 24.9. The van der Waals surface area contributed by atoms with E-state index in [-0.39, 0.29) is 22.5 Å². The molecule has 0 heterocycles. The predicted octanol–water partition coefficient (Wildman–Crippen LogP) is 4.80. The molecule has 0 aliphatic rings. The first-order valence-electron chi connectivity index (χ1n) is 11.2. The molecule has 0 atom stereocenters. The zero-order valence-corrected chi connectivity index (χ0v) is 20.8. The van der Waals surface area contributed by atoms with Gasteiger partial charge in [0.2, 0.25) is 0 Å². The normalized spacial score (nSPS) is 10.7. The van der Waals surface area contributed by atoms with Gasteiger partial charge in [-0.2, -0.15) is 0 Å². The molecule has 35 heavy (non-hydrogen) atoms. The number of amides is 2. The Balaban J connectivity index is 1.47. The fourth-order valence-electron chi connectivity index (χ4n) is 3.02. The molecule has 182 valence electrons. The summed E-state index contributed by atoms with van der Waals surface area (Å²) in [6, 6.07) is 23.1. The molecule has 3 aromatic carbocycles. The van der Waals surface area contributed by atoms with Gasteiger partial charge < -0.3 is 20.1 Å². The SMILES string of the molecule is CC(C)(C)NC(=O)c1ccc(NC(=S)NC(=O)c2cccc(OCCOc3ccccc3)c2)cc1. The first-order valence-corrected chi connectivity index (χ1v) is 11.6. The minimum Gasteiger partial charge on any atom is -0.490 e. The summed E-state index contributed by atoms with van der Waals surface area (Å²) < 4.78 is 11.3. The van der Waals surface area contributed by atoms with Crippen molar-refractivity contribution >= 4 is 34.8 Å². The van der Waals surface area contributed by atoms with Crippen LogP contribution < -0.4 is 25.4 Å². The lowest BCUT2D eigenvalue weighted by atomic mass is 10.1. The average molecular weight is 492 g/mol. The minimum absolute atomic E-state index is 0.143. The molecule has 0 aromatic heterocycles. The molecule has 0 unspecified atom stereocenters. The van der Waals surface area contributed by atoms with E-state index < -0.39 is 0 Å². The van der Waals surface area contributed by atoms with Crippen LogP contribution in [-0.2, 0) is 0 Å². The van der Waals surface area contributed by atoms with Crippen molar-refractivity contribution in [2.45, 2.75) is 26.3 Å². The molecule has 0 spiro atoms. The molecule has 0 fully saturated rings. The number of rotatable bonds is 8. The summed E-state index contributed by atoms with van der Waals surface area (Å²) in [6.45, 7) is 6.48. The van der Waals surface area contributed by atoms with Crippen LogP contribution in [-0.4, -0.2) is 35.7 Å². The molecular formula is C27H29N3O4S. The second-order valence-corrected chi connectivity index (χ2v) is 9.14. The van der Waals surface area contributed by atoms with Gasteiger partial charge in [-0.1, -0.05) is 24.3 Å². The number of nitrogens with one attached hydrogen (secondary N) is 3. The van der Waals surface area contributed by atoms with Crippen LogP contribution in [0.2, 0.25) is 0 Å². The second-order valence-electron chi connectivity index (χ2n) is 8.73. The lowest BCUT2D eigenvalue weighted by Crippen LogP contribution is -2.40. The van der Waals surface area contributed by atoms with Gasteiger partial charge in [-0.3, -0.25) is 14.9 Å². The van der Waals surface area contributed by atoms with Crippen LogP contribution >= 0.6 is 12.2 Å². The monoisotopic (exact) mass is 491 g/mol. The number of para-hydroxylation sites is 1. The highest BCUT2D eigenvalue weighted by Gasteiger charge is 2.15. The van der Waals surface area contributed by atoms with Crippen molar-refractivity contribution in [3.63, 3.8) is 0 Å². The third kappa shape index (κ3) is 8.75. The van der Waals surface area contributed by atoms with E-state index in [1.807, 2.05) is 51.1 Å². The van der Waals surface area contributed by atoms with Crippen molar-refractivity contribution in [1.29, 1.82) is 0 Å².